The molecule has 3 aromatic carbocycles. The number of benzene rings is 3. The van der Waals surface area contributed by atoms with Crippen LogP contribution >= 0.6 is 11.3 Å². The third-order valence-corrected chi connectivity index (χ3v) is 7.92. The Hall–Kier alpha value is -5.16. The maximum Gasteiger partial charge on any atom is 0.338 e. The zero-order valence-corrected chi connectivity index (χ0v) is 26.2. The van der Waals surface area contributed by atoms with Gasteiger partial charge in [0.2, 0.25) is 0 Å². The molecule has 1 aliphatic heterocycles. The lowest BCUT2D eigenvalue weighted by atomic mass is 9.94. The minimum absolute atomic E-state index is 0.150. The van der Waals surface area contributed by atoms with E-state index in [4.69, 9.17) is 18.9 Å². The van der Waals surface area contributed by atoms with Crippen LogP contribution in [0.15, 0.2) is 93.9 Å². The molecule has 0 bridgehead atoms. The van der Waals surface area contributed by atoms with Gasteiger partial charge in [-0.1, -0.05) is 53.8 Å². The van der Waals surface area contributed by atoms with Crippen LogP contribution in [0.25, 0.3) is 6.08 Å². The van der Waals surface area contributed by atoms with Crippen molar-refractivity contribution in [3.8, 4) is 17.2 Å². The van der Waals surface area contributed by atoms with E-state index in [1.807, 2.05) is 31.2 Å². The molecule has 0 radical (unpaired) electrons. The highest BCUT2D eigenvalue weighted by atomic mass is 32.1. The molecule has 0 spiro atoms. The van der Waals surface area contributed by atoms with E-state index < -0.39 is 12.0 Å². The Labute approximate surface area is 263 Å². The molecule has 1 N–H and O–H groups in total. The van der Waals surface area contributed by atoms with Gasteiger partial charge in [-0.3, -0.25) is 14.2 Å². The number of allylic oxidation sites excluding steroid dienone is 1. The third-order valence-electron chi connectivity index (χ3n) is 6.93. The van der Waals surface area contributed by atoms with E-state index in [-0.39, 0.29) is 30.3 Å². The summed E-state index contributed by atoms with van der Waals surface area (Å²) in [5, 5.41) is 2.78. The maximum absolute atomic E-state index is 14.0. The zero-order chi connectivity index (χ0) is 31.9. The number of hydrogen-bond acceptors (Lipinski definition) is 9. The number of carbonyl (C=O) groups is 2. The molecule has 45 heavy (non-hydrogen) atoms. The number of nitrogens with zero attached hydrogens (tertiary/aromatic N) is 2. The van der Waals surface area contributed by atoms with Gasteiger partial charge in [-0.2, -0.15) is 0 Å². The number of thiazole rings is 1. The number of aromatic nitrogens is 1. The van der Waals surface area contributed by atoms with Gasteiger partial charge < -0.3 is 24.3 Å². The molecule has 232 valence electrons. The number of methoxy groups -OCH3 is 1. The van der Waals surface area contributed by atoms with Crippen molar-refractivity contribution in [3.05, 3.63) is 115 Å². The summed E-state index contributed by atoms with van der Waals surface area (Å²) in [5.74, 6) is 0.590. The second kappa shape index (κ2) is 14.1. The second-order valence-electron chi connectivity index (χ2n) is 9.89. The third kappa shape index (κ3) is 6.83. The van der Waals surface area contributed by atoms with Crippen molar-refractivity contribution in [1.82, 2.24) is 4.57 Å². The lowest BCUT2D eigenvalue weighted by Gasteiger charge is -2.26. The summed E-state index contributed by atoms with van der Waals surface area (Å²) in [6.07, 6.45) is 1.76. The summed E-state index contributed by atoms with van der Waals surface area (Å²) in [7, 11) is 1.54. The average Bonchev–Trinajstić information content (AvgIpc) is 3.34. The topological polar surface area (TPSA) is 117 Å². The van der Waals surface area contributed by atoms with Gasteiger partial charge in [0.05, 0.1) is 36.1 Å². The standard InChI is InChI=1S/C34H33N3O7S/c1-5-42-31-25(13-10-14-26(31)41-4)30-29(33(40)43-6-2)21(3)35-34-37(30)32(39)27(45-34)19-22-15-17-24(18-16-22)44-20-28(38)36-23-11-8-7-9-12-23/h7-19,30H,5-6,20H2,1-4H3,(H,36,38)/b27-19-/t30-/m0/s1. The number of amides is 1. The number of para-hydroxylation sites is 2. The predicted octanol–water partition coefficient (Wildman–Crippen LogP) is 4.22. The summed E-state index contributed by atoms with van der Waals surface area (Å²) in [6.45, 7) is 5.68. The molecule has 1 amide bonds. The largest absolute Gasteiger partial charge is 0.493 e. The average molecular weight is 628 g/mol. The molecule has 0 fully saturated rings. The SMILES string of the molecule is CCOC(=O)C1=C(C)N=c2s/c(=C\c3ccc(OCC(=O)Nc4ccccc4)cc3)c(=O)n2[C@H]1c1cccc(OC)c1OCC. The van der Waals surface area contributed by atoms with Crippen molar-refractivity contribution < 1.29 is 28.5 Å². The van der Waals surface area contributed by atoms with Crippen LogP contribution in [0.4, 0.5) is 5.69 Å². The van der Waals surface area contributed by atoms with Crippen molar-refractivity contribution >= 4 is 35.0 Å². The Morgan fingerprint density at radius 3 is 2.42 bits per heavy atom. The molecule has 4 aromatic rings. The van der Waals surface area contributed by atoms with E-state index in [9.17, 15) is 14.4 Å². The first-order valence-corrected chi connectivity index (χ1v) is 15.2. The van der Waals surface area contributed by atoms with Gasteiger partial charge in [-0.25, -0.2) is 9.79 Å². The molecule has 11 heteroatoms. The number of carbonyl (C=O) groups excluding carboxylic acids is 2. The Morgan fingerprint density at radius 2 is 1.73 bits per heavy atom. The van der Waals surface area contributed by atoms with Crippen LogP contribution in [-0.2, 0) is 14.3 Å². The number of fused-ring (bicyclic) bond motifs is 1. The van der Waals surface area contributed by atoms with Crippen LogP contribution < -0.4 is 34.4 Å². The monoisotopic (exact) mass is 627 g/mol. The van der Waals surface area contributed by atoms with Crippen molar-refractivity contribution in [2.45, 2.75) is 26.8 Å². The van der Waals surface area contributed by atoms with Crippen LogP contribution in [0.2, 0.25) is 0 Å². The van der Waals surface area contributed by atoms with Crippen LogP contribution in [-0.4, -0.2) is 43.4 Å². The Morgan fingerprint density at radius 1 is 0.978 bits per heavy atom. The predicted molar refractivity (Wildman–Crippen MR) is 172 cm³/mol. The second-order valence-corrected chi connectivity index (χ2v) is 10.9. The Kier molecular flexibility index (Phi) is 9.79. The van der Waals surface area contributed by atoms with Gasteiger partial charge in [0, 0.05) is 11.3 Å². The molecule has 1 aromatic heterocycles. The number of esters is 1. The highest BCUT2D eigenvalue weighted by Gasteiger charge is 2.36. The van der Waals surface area contributed by atoms with Gasteiger partial charge in [0.15, 0.2) is 22.9 Å². The number of nitrogens with one attached hydrogen (secondary N) is 1. The van der Waals surface area contributed by atoms with E-state index >= 15 is 0 Å². The first kappa shape index (κ1) is 31.3. The van der Waals surface area contributed by atoms with E-state index in [0.717, 1.165) is 5.56 Å². The molecule has 5 rings (SSSR count). The van der Waals surface area contributed by atoms with Crippen molar-refractivity contribution in [2.24, 2.45) is 4.99 Å². The number of ether oxygens (including phenoxy) is 4. The molecule has 1 atom stereocenters. The fraction of sp³-hybridized carbons (Fsp3) is 0.235. The number of rotatable bonds is 11. The van der Waals surface area contributed by atoms with E-state index in [0.29, 0.717) is 50.1 Å². The van der Waals surface area contributed by atoms with Gasteiger partial charge in [0.25, 0.3) is 11.5 Å². The van der Waals surface area contributed by atoms with Crippen molar-refractivity contribution in [3.63, 3.8) is 0 Å². The van der Waals surface area contributed by atoms with Crippen LogP contribution in [0.3, 0.4) is 0 Å². The summed E-state index contributed by atoms with van der Waals surface area (Å²) in [6, 6.07) is 20.7. The fourth-order valence-corrected chi connectivity index (χ4v) is 6.02. The summed E-state index contributed by atoms with van der Waals surface area (Å²) < 4.78 is 24.5. The Bertz CT molecular complexity index is 1910. The quantitative estimate of drug-likeness (QED) is 0.248. The maximum atomic E-state index is 14.0. The molecule has 0 aliphatic carbocycles. The molecular formula is C34H33N3O7S. The summed E-state index contributed by atoms with van der Waals surface area (Å²) in [5.41, 5.74) is 2.41. The summed E-state index contributed by atoms with van der Waals surface area (Å²) >= 11 is 1.22. The first-order valence-electron chi connectivity index (χ1n) is 14.4. The first-order chi connectivity index (χ1) is 21.8. The normalized spacial score (nSPS) is 14.3. The van der Waals surface area contributed by atoms with E-state index in [1.54, 1.807) is 68.5 Å². The number of anilines is 1. The van der Waals surface area contributed by atoms with Gasteiger partial charge in [0.1, 0.15) is 11.8 Å². The molecule has 1 aliphatic rings. The Balaban J connectivity index is 1.48. The van der Waals surface area contributed by atoms with Crippen LogP contribution in [0.5, 0.6) is 17.2 Å². The van der Waals surface area contributed by atoms with Gasteiger partial charge in [-0.05, 0) is 62.7 Å². The summed E-state index contributed by atoms with van der Waals surface area (Å²) in [4.78, 5) is 44.6. The minimum Gasteiger partial charge on any atom is -0.493 e. The molecule has 10 nitrogen and oxygen atoms in total. The zero-order valence-electron chi connectivity index (χ0n) is 25.4. The molecule has 0 saturated heterocycles. The molecular weight excluding hydrogens is 594 g/mol. The molecule has 0 saturated carbocycles. The fourth-order valence-electron chi connectivity index (χ4n) is 4.97. The molecule has 2 heterocycles. The van der Waals surface area contributed by atoms with Crippen LogP contribution in [0.1, 0.15) is 37.9 Å². The highest BCUT2D eigenvalue weighted by Crippen LogP contribution is 2.40. The smallest absolute Gasteiger partial charge is 0.338 e. The lowest BCUT2D eigenvalue weighted by molar-refractivity contribution is -0.139. The van der Waals surface area contributed by atoms with E-state index in [2.05, 4.69) is 10.3 Å². The highest BCUT2D eigenvalue weighted by molar-refractivity contribution is 7.07. The lowest BCUT2D eigenvalue weighted by Crippen LogP contribution is -2.40. The van der Waals surface area contributed by atoms with Gasteiger partial charge >= 0.3 is 5.97 Å². The van der Waals surface area contributed by atoms with E-state index in [1.165, 1.54) is 23.0 Å². The molecule has 0 unspecified atom stereocenters. The van der Waals surface area contributed by atoms with Gasteiger partial charge in [-0.15, -0.1) is 0 Å². The van der Waals surface area contributed by atoms with Crippen LogP contribution in [0, 0.1) is 0 Å². The minimum atomic E-state index is -0.850. The van der Waals surface area contributed by atoms with Crippen molar-refractivity contribution in [1.29, 1.82) is 0 Å². The number of hydrogen-bond donors (Lipinski definition) is 1. The van der Waals surface area contributed by atoms with Crippen molar-refractivity contribution in [2.75, 3.05) is 32.2 Å².